The minimum atomic E-state index is -0.0346. The Balaban J connectivity index is 2.79. The SMILES string of the molecule is CC(C)(C)c1nc2scc(C(C)(C)C)n2c1CC#N. The van der Waals surface area contributed by atoms with Crippen LogP contribution in [0.25, 0.3) is 4.96 Å². The number of fused-ring (bicyclic) bond motifs is 1. The molecule has 0 saturated carbocycles. The van der Waals surface area contributed by atoms with E-state index in [0.717, 1.165) is 16.3 Å². The Kier molecular flexibility index (Phi) is 3.22. The molecule has 0 fully saturated rings. The smallest absolute Gasteiger partial charge is 0.194 e. The lowest BCUT2D eigenvalue weighted by Gasteiger charge is -2.20. The van der Waals surface area contributed by atoms with Crippen LogP contribution in [0.4, 0.5) is 0 Å². The number of nitrogens with zero attached hydrogens (tertiary/aromatic N) is 3. The van der Waals surface area contributed by atoms with Crippen molar-refractivity contribution in [3.63, 3.8) is 0 Å². The highest BCUT2D eigenvalue weighted by Gasteiger charge is 2.28. The van der Waals surface area contributed by atoms with E-state index in [9.17, 15) is 0 Å². The molecule has 0 saturated heterocycles. The van der Waals surface area contributed by atoms with E-state index < -0.39 is 0 Å². The van der Waals surface area contributed by atoms with Gasteiger partial charge in [-0.05, 0) is 0 Å². The molecule has 0 amide bonds. The third-order valence-corrected chi connectivity index (χ3v) is 4.01. The van der Waals surface area contributed by atoms with Gasteiger partial charge in [-0.2, -0.15) is 5.26 Å². The van der Waals surface area contributed by atoms with Gasteiger partial charge in [-0.25, -0.2) is 4.98 Å². The van der Waals surface area contributed by atoms with E-state index in [2.05, 4.69) is 57.4 Å². The molecule has 0 aliphatic rings. The second-order valence-electron chi connectivity index (χ2n) is 6.98. The van der Waals surface area contributed by atoms with Gasteiger partial charge >= 0.3 is 0 Å². The van der Waals surface area contributed by atoms with Gasteiger partial charge in [0.2, 0.25) is 0 Å². The first-order valence-corrected chi connectivity index (χ1v) is 7.41. The molecule has 0 radical (unpaired) electrons. The third-order valence-electron chi connectivity index (χ3n) is 3.18. The summed E-state index contributed by atoms with van der Waals surface area (Å²) >= 11 is 1.66. The van der Waals surface area contributed by atoms with Crippen molar-refractivity contribution in [2.24, 2.45) is 0 Å². The Morgan fingerprint density at radius 1 is 1.21 bits per heavy atom. The highest BCUT2D eigenvalue weighted by atomic mass is 32.1. The monoisotopic (exact) mass is 275 g/mol. The summed E-state index contributed by atoms with van der Waals surface area (Å²) in [5.41, 5.74) is 3.36. The summed E-state index contributed by atoms with van der Waals surface area (Å²) in [7, 11) is 0. The van der Waals surface area contributed by atoms with Crippen LogP contribution in [0.15, 0.2) is 5.38 Å². The van der Waals surface area contributed by atoms with E-state index in [1.54, 1.807) is 11.3 Å². The van der Waals surface area contributed by atoms with Gasteiger partial charge in [0, 0.05) is 21.9 Å². The van der Waals surface area contributed by atoms with E-state index in [1.807, 2.05) is 0 Å². The van der Waals surface area contributed by atoms with Crippen LogP contribution in [-0.2, 0) is 17.3 Å². The van der Waals surface area contributed by atoms with Gasteiger partial charge in [0.15, 0.2) is 4.96 Å². The molecule has 2 heterocycles. The van der Waals surface area contributed by atoms with Gasteiger partial charge in [0.05, 0.1) is 23.9 Å². The third kappa shape index (κ3) is 2.40. The lowest BCUT2D eigenvalue weighted by Crippen LogP contribution is -2.18. The molecule has 102 valence electrons. The van der Waals surface area contributed by atoms with Crippen molar-refractivity contribution < 1.29 is 0 Å². The molecule has 3 nitrogen and oxygen atoms in total. The van der Waals surface area contributed by atoms with Gasteiger partial charge in [-0.3, -0.25) is 4.40 Å². The molecule has 0 aliphatic carbocycles. The van der Waals surface area contributed by atoms with Crippen LogP contribution < -0.4 is 0 Å². The predicted molar refractivity (Wildman–Crippen MR) is 79.8 cm³/mol. The highest BCUT2D eigenvalue weighted by Crippen LogP contribution is 2.34. The number of rotatable bonds is 1. The summed E-state index contributed by atoms with van der Waals surface area (Å²) in [4.78, 5) is 5.77. The number of nitriles is 1. The highest BCUT2D eigenvalue weighted by molar-refractivity contribution is 7.15. The van der Waals surface area contributed by atoms with Gasteiger partial charge in [0.1, 0.15) is 0 Å². The molecular weight excluding hydrogens is 254 g/mol. The van der Waals surface area contributed by atoms with Crippen LogP contribution in [0.2, 0.25) is 0 Å². The fourth-order valence-corrected chi connectivity index (χ4v) is 3.40. The zero-order valence-electron chi connectivity index (χ0n) is 12.5. The quantitative estimate of drug-likeness (QED) is 0.787. The molecule has 2 rings (SSSR count). The average Bonchev–Trinajstić information content (AvgIpc) is 2.76. The van der Waals surface area contributed by atoms with E-state index >= 15 is 0 Å². The number of thiazole rings is 1. The number of hydrogen-bond acceptors (Lipinski definition) is 3. The molecule has 19 heavy (non-hydrogen) atoms. The predicted octanol–water partition coefficient (Wildman–Crippen LogP) is 4.06. The van der Waals surface area contributed by atoms with E-state index in [0.29, 0.717) is 6.42 Å². The van der Waals surface area contributed by atoms with Crippen LogP contribution in [0, 0.1) is 11.3 Å². The van der Waals surface area contributed by atoms with Crippen LogP contribution in [0.1, 0.15) is 58.6 Å². The van der Waals surface area contributed by atoms with Crippen LogP contribution in [-0.4, -0.2) is 9.38 Å². The van der Waals surface area contributed by atoms with Crippen LogP contribution in [0.5, 0.6) is 0 Å². The topological polar surface area (TPSA) is 41.1 Å². The maximum atomic E-state index is 9.13. The minimum Gasteiger partial charge on any atom is -0.290 e. The molecule has 0 N–H and O–H groups in total. The number of aromatic nitrogens is 2. The Labute approximate surface area is 118 Å². The molecule has 2 aromatic heterocycles. The Morgan fingerprint density at radius 3 is 2.32 bits per heavy atom. The maximum Gasteiger partial charge on any atom is 0.194 e. The van der Waals surface area contributed by atoms with Gasteiger partial charge in [-0.1, -0.05) is 41.5 Å². The normalized spacial score (nSPS) is 12.9. The summed E-state index contributed by atoms with van der Waals surface area (Å²) in [6.07, 6.45) is 0.410. The fraction of sp³-hybridized carbons (Fsp3) is 0.600. The molecule has 0 atom stereocenters. The standard InChI is InChI=1S/C15H21N3S/c1-14(2,3)11-9-19-13-17-12(15(4,5)6)10(7-8-16)18(11)13/h9H,7H2,1-6H3. The van der Waals surface area contributed by atoms with Gasteiger partial charge < -0.3 is 0 Å². The Hall–Kier alpha value is -1.34. The lowest BCUT2D eigenvalue weighted by molar-refractivity contribution is 0.551. The largest absolute Gasteiger partial charge is 0.290 e. The lowest BCUT2D eigenvalue weighted by atomic mass is 9.89. The zero-order valence-corrected chi connectivity index (χ0v) is 13.4. The van der Waals surface area contributed by atoms with Crippen molar-refractivity contribution in [2.45, 2.75) is 58.8 Å². The van der Waals surface area contributed by atoms with E-state index in [1.165, 1.54) is 5.69 Å². The zero-order chi connectivity index (χ0) is 14.4. The summed E-state index contributed by atoms with van der Waals surface area (Å²) in [5, 5.41) is 11.3. The van der Waals surface area contributed by atoms with Crippen molar-refractivity contribution in [3.8, 4) is 6.07 Å². The molecule has 4 heteroatoms. The van der Waals surface area contributed by atoms with Crippen molar-refractivity contribution in [3.05, 3.63) is 22.5 Å². The second kappa shape index (κ2) is 4.35. The molecular formula is C15H21N3S. The van der Waals surface area contributed by atoms with Crippen molar-refractivity contribution in [1.82, 2.24) is 9.38 Å². The maximum absolute atomic E-state index is 9.13. The molecule has 0 unspecified atom stereocenters. The van der Waals surface area contributed by atoms with E-state index in [-0.39, 0.29) is 10.8 Å². The Bertz CT molecular complexity index is 642. The summed E-state index contributed by atoms with van der Waals surface area (Å²) in [6, 6.07) is 2.29. The summed E-state index contributed by atoms with van der Waals surface area (Å²) < 4.78 is 2.19. The molecule has 0 bridgehead atoms. The molecule has 0 spiro atoms. The van der Waals surface area contributed by atoms with Crippen molar-refractivity contribution in [1.29, 1.82) is 5.26 Å². The van der Waals surface area contributed by atoms with Gasteiger partial charge in [0.25, 0.3) is 0 Å². The van der Waals surface area contributed by atoms with Crippen molar-refractivity contribution >= 4 is 16.3 Å². The summed E-state index contributed by atoms with van der Waals surface area (Å²) in [5.74, 6) is 0. The first-order chi connectivity index (χ1) is 8.66. The molecule has 0 aliphatic heterocycles. The second-order valence-corrected chi connectivity index (χ2v) is 7.82. The van der Waals surface area contributed by atoms with Crippen LogP contribution >= 0.6 is 11.3 Å². The fourth-order valence-electron chi connectivity index (χ4n) is 2.27. The number of imidazole rings is 1. The first-order valence-electron chi connectivity index (χ1n) is 6.53. The van der Waals surface area contributed by atoms with Gasteiger partial charge in [-0.15, -0.1) is 11.3 Å². The van der Waals surface area contributed by atoms with Crippen LogP contribution in [0.3, 0.4) is 0 Å². The summed E-state index contributed by atoms with van der Waals surface area (Å²) in [6.45, 7) is 13.0. The van der Waals surface area contributed by atoms with Crippen molar-refractivity contribution in [2.75, 3.05) is 0 Å². The average molecular weight is 275 g/mol. The molecule has 2 aromatic rings. The molecule has 0 aromatic carbocycles. The number of hydrogen-bond donors (Lipinski definition) is 0. The van der Waals surface area contributed by atoms with E-state index in [4.69, 9.17) is 10.2 Å². The Morgan fingerprint density at radius 2 is 1.84 bits per heavy atom. The first kappa shape index (κ1) is 14.1. The minimum absolute atomic E-state index is 0.0346.